The number of benzene rings is 1. The van der Waals surface area contributed by atoms with Gasteiger partial charge in [0.25, 0.3) is 5.91 Å². The lowest BCUT2D eigenvalue weighted by Crippen LogP contribution is -2.30. The normalized spacial score (nSPS) is 18.7. The number of nitrogens with one attached hydrogen (secondary N) is 2. The number of halogens is 2. The maximum atomic E-state index is 12.1. The first-order valence-corrected chi connectivity index (χ1v) is 6.82. The summed E-state index contributed by atoms with van der Waals surface area (Å²) >= 11 is 12.0. The fourth-order valence-corrected chi connectivity index (χ4v) is 2.61. The third-order valence-corrected chi connectivity index (χ3v) is 4.05. The van der Waals surface area contributed by atoms with Crippen molar-refractivity contribution in [2.45, 2.75) is 12.8 Å². The fraction of sp³-hybridized carbons (Fsp3) is 0.308. The van der Waals surface area contributed by atoms with Gasteiger partial charge in [-0.2, -0.15) is 0 Å². The molecular formula is C13H12Cl2N2O2. The van der Waals surface area contributed by atoms with E-state index >= 15 is 0 Å². The van der Waals surface area contributed by atoms with Crippen molar-refractivity contribution in [2.75, 3.05) is 18.4 Å². The predicted molar refractivity (Wildman–Crippen MR) is 74.8 cm³/mol. The van der Waals surface area contributed by atoms with E-state index < -0.39 is 0 Å². The standard InChI is InChI=1S/C13H12Cl2N2O2/c14-8-1-2-9-11(10(8)15)17-13(18)12(19-9)7-3-5-16-6-4-7/h1-2,16H,3-6H2,(H,17,18). The lowest BCUT2D eigenvalue weighted by Gasteiger charge is -2.25. The topological polar surface area (TPSA) is 50.4 Å². The number of piperidine rings is 1. The Bertz CT molecular complexity index is 576. The maximum absolute atomic E-state index is 12.1. The Morgan fingerprint density at radius 2 is 1.89 bits per heavy atom. The Balaban J connectivity index is 2.01. The van der Waals surface area contributed by atoms with Crippen LogP contribution < -0.4 is 15.4 Å². The van der Waals surface area contributed by atoms with Crippen LogP contribution in [0, 0.1) is 0 Å². The maximum Gasteiger partial charge on any atom is 0.291 e. The first-order valence-electron chi connectivity index (χ1n) is 6.07. The summed E-state index contributed by atoms with van der Waals surface area (Å²) in [6.07, 6.45) is 1.64. The van der Waals surface area contributed by atoms with Gasteiger partial charge >= 0.3 is 0 Å². The molecule has 6 heteroatoms. The first-order chi connectivity index (χ1) is 9.16. The lowest BCUT2D eigenvalue weighted by atomic mass is 10.0. The molecule has 1 aromatic rings. The van der Waals surface area contributed by atoms with Crippen molar-refractivity contribution in [1.29, 1.82) is 0 Å². The van der Waals surface area contributed by atoms with Gasteiger partial charge in [-0.25, -0.2) is 0 Å². The number of hydrogen-bond donors (Lipinski definition) is 2. The number of fused-ring (bicyclic) bond motifs is 1. The summed E-state index contributed by atoms with van der Waals surface area (Å²) in [5.41, 5.74) is 1.48. The molecule has 19 heavy (non-hydrogen) atoms. The first kappa shape index (κ1) is 12.8. The molecule has 2 aliphatic rings. The molecule has 0 aromatic heterocycles. The van der Waals surface area contributed by atoms with Crippen LogP contribution >= 0.6 is 23.2 Å². The number of ether oxygens (including phenoxy) is 1. The molecule has 0 spiro atoms. The summed E-state index contributed by atoms with van der Waals surface area (Å²) in [4.78, 5) is 12.1. The largest absolute Gasteiger partial charge is 0.449 e. The molecule has 100 valence electrons. The van der Waals surface area contributed by atoms with E-state index in [1.54, 1.807) is 12.1 Å². The molecule has 0 unspecified atom stereocenters. The molecule has 0 atom stereocenters. The second-order valence-electron chi connectivity index (χ2n) is 4.47. The molecule has 0 radical (unpaired) electrons. The van der Waals surface area contributed by atoms with Crippen LogP contribution in [-0.2, 0) is 4.79 Å². The van der Waals surface area contributed by atoms with Crippen LogP contribution in [0.1, 0.15) is 12.8 Å². The van der Waals surface area contributed by atoms with Gasteiger partial charge in [0.1, 0.15) is 5.69 Å². The average Bonchev–Trinajstić information content (AvgIpc) is 2.44. The van der Waals surface area contributed by atoms with Gasteiger partial charge in [0, 0.05) is 0 Å². The van der Waals surface area contributed by atoms with E-state index in [0.29, 0.717) is 27.2 Å². The van der Waals surface area contributed by atoms with Crippen molar-refractivity contribution in [2.24, 2.45) is 0 Å². The second-order valence-corrected chi connectivity index (χ2v) is 5.26. The minimum atomic E-state index is -0.256. The molecule has 0 aliphatic carbocycles. The second kappa shape index (κ2) is 5.04. The molecule has 0 bridgehead atoms. The summed E-state index contributed by atoms with van der Waals surface area (Å²) in [7, 11) is 0. The van der Waals surface area contributed by atoms with Gasteiger partial charge in [-0.1, -0.05) is 23.2 Å². The monoisotopic (exact) mass is 298 g/mol. The van der Waals surface area contributed by atoms with Crippen LogP contribution in [-0.4, -0.2) is 19.0 Å². The molecule has 2 N–H and O–H groups in total. The zero-order chi connectivity index (χ0) is 13.4. The molecular weight excluding hydrogens is 287 g/mol. The third-order valence-electron chi connectivity index (χ3n) is 3.24. The number of amides is 1. The average molecular weight is 299 g/mol. The number of hydrogen-bond acceptors (Lipinski definition) is 3. The zero-order valence-electron chi connectivity index (χ0n) is 10.1. The highest BCUT2D eigenvalue weighted by molar-refractivity contribution is 6.44. The van der Waals surface area contributed by atoms with E-state index in [-0.39, 0.29) is 5.91 Å². The Morgan fingerprint density at radius 3 is 2.63 bits per heavy atom. The van der Waals surface area contributed by atoms with Crippen LogP contribution in [0.2, 0.25) is 10.0 Å². The quantitative estimate of drug-likeness (QED) is 0.724. The van der Waals surface area contributed by atoms with Gasteiger partial charge in [-0.3, -0.25) is 4.79 Å². The van der Waals surface area contributed by atoms with Crippen LogP contribution in [0.25, 0.3) is 0 Å². The van der Waals surface area contributed by atoms with Crippen molar-refractivity contribution in [3.63, 3.8) is 0 Å². The minimum Gasteiger partial charge on any atom is -0.449 e. The SMILES string of the molecule is O=C1Nc2c(ccc(Cl)c2Cl)OC1=C1CCNCC1. The van der Waals surface area contributed by atoms with E-state index in [2.05, 4.69) is 10.6 Å². The van der Waals surface area contributed by atoms with E-state index in [0.717, 1.165) is 31.5 Å². The smallest absolute Gasteiger partial charge is 0.291 e. The highest BCUT2D eigenvalue weighted by atomic mass is 35.5. The summed E-state index contributed by atoms with van der Waals surface area (Å²) in [5.74, 6) is 0.677. The van der Waals surface area contributed by atoms with Crippen molar-refractivity contribution >= 4 is 34.8 Å². The minimum absolute atomic E-state index is 0.256. The van der Waals surface area contributed by atoms with Crippen LogP contribution in [0.3, 0.4) is 0 Å². The fourth-order valence-electron chi connectivity index (χ4n) is 2.25. The van der Waals surface area contributed by atoms with Crippen LogP contribution in [0.15, 0.2) is 23.5 Å². The highest BCUT2D eigenvalue weighted by Gasteiger charge is 2.28. The third kappa shape index (κ3) is 2.31. The van der Waals surface area contributed by atoms with Crippen molar-refractivity contribution < 1.29 is 9.53 Å². The molecule has 2 aliphatic heterocycles. The summed E-state index contributed by atoms with van der Waals surface area (Å²) in [6.45, 7) is 1.73. The molecule has 1 amide bonds. The van der Waals surface area contributed by atoms with Crippen LogP contribution in [0.4, 0.5) is 5.69 Å². The molecule has 2 heterocycles. The Hall–Kier alpha value is -1.23. The summed E-state index contributed by atoms with van der Waals surface area (Å²) in [6, 6.07) is 3.37. The Kier molecular flexibility index (Phi) is 3.39. The lowest BCUT2D eigenvalue weighted by molar-refractivity contribution is -0.115. The molecule has 3 rings (SSSR count). The number of carbonyl (C=O) groups is 1. The predicted octanol–water partition coefficient (Wildman–Crippen LogP) is 2.96. The molecule has 1 fully saturated rings. The van der Waals surface area contributed by atoms with E-state index in [1.165, 1.54) is 0 Å². The van der Waals surface area contributed by atoms with Gasteiger partial charge in [0.05, 0.1) is 10.0 Å². The molecule has 1 saturated heterocycles. The van der Waals surface area contributed by atoms with Crippen molar-refractivity contribution in [3.05, 3.63) is 33.5 Å². The molecule has 0 saturated carbocycles. The van der Waals surface area contributed by atoms with E-state index in [4.69, 9.17) is 27.9 Å². The molecule has 4 nitrogen and oxygen atoms in total. The number of carbonyl (C=O) groups excluding carboxylic acids is 1. The number of rotatable bonds is 0. The highest BCUT2D eigenvalue weighted by Crippen LogP contribution is 2.41. The van der Waals surface area contributed by atoms with E-state index in [1.807, 2.05) is 0 Å². The molecule has 1 aromatic carbocycles. The van der Waals surface area contributed by atoms with Gasteiger partial charge < -0.3 is 15.4 Å². The summed E-state index contributed by atoms with van der Waals surface area (Å²) < 4.78 is 5.72. The van der Waals surface area contributed by atoms with Gasteiger partial charge in [-0.05, 0) is 43.6 Å². The summed E-state index contributed by atoms with van der Waals surface area (Å²) in [5, 5.41) is 6.70. The van der Waals surface area contributed by atoms with E-state index in [9.17, 15) is 4.79 Å². The van der Waals surface area contributed by atoms with Crippen molar-refractivity contribution in [3.8, 4) is 5.75 Å². The van der Waals surface area contributed by atoms with Gasteiger partial charge in [-0.15, -0.1) is 0 Å². The van der Waals surface area contributed by atoms with Crippen LogP contribution in [0.5, 0.6) is 5.75 Å². The van der Waals surface area contributed by atoms with Crippen molar-refractivity contribution in [1.82, 2.24) is 5.32 Å². The Labute approximate surface area is 120 Å². The number of anilines is 1. The van der Waals surface area contributed by atoms with Gasteiger partial charge in [0.15, 0.2) is 11.5 Å². The Morgan fingerprint density at radius 1 is 1.16 bits per heavy atom. The zero-order valence-corrected chi connectivity index (χ0v) is 11.6. The van der Waals surface area contributed by atoms with Gasteiger partial charge in [0.2, 0.25) is 0 Å².